The molecule has 1 aliphatic rings. The third-order valence-electron chi connectivity index (χ3n) is 4.37. The van der Waals surface area contributed by atoms with Crippen LogP contribution in [0.1, 0.15) is 17.0 Å². The molecule has 0 spiro atoms. The van der Waals surface area contributed by atoms with Crippen LogP contribution in [0.15, 0.2) is 41.2 Å². The first-order valence-corrected chi connectivity index (χ1v) is 9.61. The van der Waals surface area contributed by atoms with E-state index in [0.717, 1.165) is 67.5 Å². The van der Waals surface area contributed by atoms with Gasteiger partial charge >= 0.3 is 0 Å². The normalized spacial score (nSPS) is 13.9. The van der Waals surface area contributed by atoms with Gasteiger partial charge in [-0.1, -0.05) is 30.3 Å². The number of hydrogen-bond donors (Lipinski definition) is 2. The quantitative estimate of drug-likeness (QED) is 0.740. The first-order chi connectivity index (χ1) is 12.4. The Morgan fingerprint density at radius 2 is 1.96 bits per heavy atom. The third-order valence-corrected chi connectivity index (χ3v) is 5.01. The van der Waals surface area contributed by atoms with Gasteiger partial charge < -0.3 is 10.6 Å². The number of benzene rings is 1. The number of anilines is 1. The maximum Gasteiger partial charge on any atom is 0.161 e. The predicted octanol–water partition coefficient (Wildman–Crippen LogP) is 2.94. The van der Waals surface area contributed by atoms with E-state index in [0.29, 0.717) is 0 Å². The first kappa shape index (κ1) is 16.2. The minimum absolute atomic E-state index is 0.803. The van der Waals surface area contributed by atoms with E-state index in [9.17, 15) is 0 Å². The number of nitrogens with one attached hydrogen (secondary N) is 2. The SMILES string of the molecule is c1ccc(-c2nc3c(c(NCCc4cscn4)n2)CCNCC3)cc1. The van der Waals surface area contributed by atoms with Crippen molar-refractivity contribution in [3.63, 3.8) is 0 Å². The standard InChI is InChI=1S/C19H21N5S/c1-2-4-14(5-3-1)18-23-17-8-10-20-9-7-16(17)19(24-18)21-11-6-15-12-25-13-22-15/h1-5,12-13,20H,6-11H2,(H,21,23,24). The molecule has 5 nitrogen and oxygen atoms in total. The van der Waals surface area contributed by atoms with Gasteiger partial charge in [0.2, 0.25) is 0 Å². The van der Waals surface area contributed by atoms with Crippen molar-refractivity contribution in [2.24, 2.45) is 0 Å². The summed E-state index contributed by atoms with van der Waals surface area (Å²) in [7, 11) is 0. The Balaban J connectivity index is 1.63. The van der Waals surface area contributed by atoms with Crippen molar-refractivity contribution in [1.29, 1.82) is 0 Å². The highest BCUT2D eigenvalue weighted by molar-refractivity contribution is 7.07. The van der Waals surface area contributed by atoms with Gasteiger partial charge in [-0.25, -0.2) is 15.0 Å². The van der Waals surface area contributed by atoms with E-state index in [1.165, 1.54) is 5.56 Å². The molecule has 3 heterocycles. The van der Waals surface area contributed by atoms with Gasteiger partial charge in [0.15, 0.2) is 5.82 Å². The number of hydrogen-bond acceptors (Lipinski definition) is 6. The monoisotopic (exact) mass is 351 g/mol. The molecular weight excluding hydrogens is 330 g/mol. The Morgan fingerprint density at radius 3 is 2.80 bits per heavy atom. The fraction of sp³-hybridized carbons (Fsp3) is 0.316. The molecule has 4 rings (SSSR count). The van der Waals surface area contributed by atoms with Gasteiger partial charge in [-0.3, -0.25) is 0 Å². The predicted molar refractivity (Wildman–Crippen MR) is 102 cm³/mol. The van der Waals surface area contributed by atoms with Gasteiger partial charge in [-0.2, -0.15) is 0 Å². The Hall–Kier alpha value is -2.31. The lowest BCUT2D eigenvalue weighted by atomic mass is 10.1. The second-order valence-electron chi connectivity index (χ2n) is 6.09. The molecule has 3 aromatic rings. The number of nitrogens with zero attached hydrogens (tertiary/aromatic N) is 3. The fourth-order valence-corrected chi connectivity index (χ4v) is 3.67. The van der Waals surface area contributed by atoms with E-state index >= 15 is 0 Å². The number of rotatable bonds is 5. The minimum atomic E-state index is 0.803. The Bertz CT molecular complexity index is 817. The maximum absolute atomic E-state index is 4.86. The maximum atomic E-state index is 4.86. The van der Waals surface area contributed by atoms with Gasteiger partial charge in [0.1, 0.15) is 5.82 Å². The molecular formula is C19H21N5S. The van der Waals surface area contributed by atoms with E-state index in [-0.39, 0.29) is 0 Å². The molecule has 1 aromatic carbocycles. The molecule has 0 radical (unpaired) electrons. The highest BCUT2D eigenvalue weighted by Gasteiger charge is 2.17. The summed E-state index contributed by atoms with van der Waals surface area (Å²) >= 11 is 1.64. The first-order valence-electron chi connectivity index (χ1n) is 8.67. The van der Waals surface area contributed by atoms with E-state index < -0.39 is 0 Å². The molecule has 0 amide bonds. The molecule has 2 N–H and O–H groups in total. The van der Waals surface area contributed by atoms with E-state index in [1.54, 1.807) is 11.3 Å². The van der Waals surface area contributed by atoms with Crippen LogP contribution in [0.2, 0.25) is 0 Å². The van der Waals surface area contributed by atoms with Crippen LogP contribution >= 0.6 is 11.3 Å². The Morgan fingerprint density at radius 1 is 1.08 bits per heavy atom. The van der Waals surface area contributed by atoms with Crippen molar-refractivity contribution in [2.45, 2.75) is 19.3 Å². The molecule has 0 fully saturated rings. The Kier molecular flexibility index (Phi) is 4.99. The van der Waals surface area contributed by atoms with Gasteiger partial charge in [0, 0.05) is 42.4 Å². The number of aromatic nitrogens is 3. The van der Waals surface area contributed by atoms with E-state index in [1.807, 2.05) is 23.7 Å². The Labute approximate surface area is 151 Å². The van der Waals surface area contributed by atoms with Crippen molar-refractivity contribution in [1.82, 2.24) is 20.3 Å². The molecule has 6 heteroatoms. The second kappa shape index (κ2) is 7.72. The third kappa shape index (κ3) is 3.86. The summed E-state index contributed by atoms with van der Waals surface area (Å²) in [6.07, 6.45) is 2.81. The molecule has 0 atom stereocenters. The lowest BCUT2D eigenvalue weighted by Gasteiger charge is -2.14. The van der Waals surface area contributed by atoms with Crippen LogP contribution in [-0.2, 0) is 19.3 Å². The summed E-state index contributed by atoms with van der Waals surface area (Å²) in [5, 5.41) is 9.09. The van der Waals surface area contributed by atoms with Crippen LogP contribution in [0.3, 0.4) is 0 Å². The zero-order valence-electron chi connectivity index (χ0n) is 14.0. The molecule has 128 valence electrons. The molecule has 25 heavy (non-hydrogen) atoms. The van der Waals surface area contributed by atoms with Gasteiger partial charge in [-0.05, 0) is 13.0 Å². The summed E-state index contributed by atoms with van der Waals surface area (Å²) in [5.41, 5.74) is 6.48. The molecule has 2 aromatic heterocycles. The van der Waals surface area contributed by atoms with Crippen LogP contribution < -0.4 is 10.6 Å². The average Bonchev–Trinajstić information content (AvgIpc) is 3.05. The number of thiazole rings is 1. The lowest BCUT2D eigenvalue weighted by Crippen LogP contribution is -2.16. The number of fused-ring (bicyclic) bond motifs is 1. The summed E-state index contributed by atoms with van der Waals surface area (Å²) in [4.78, 5) is 14.1. The van der Waals surface area contributed by atoms with E-state index in [4.69, 9.17) is 9.97 Å². The molecule has 0 aliphatic carbocycles. The van der Waals surface area contributed by atoms with Crippen LogP contribution in [-0.4, -0.2) is 34.6 Å². The molecule has 0 saturated carbocycles. The highest BCUT2D eigenvalue weighted by atomic mass is 32.1. The van der Waals surface area contributed by atoms with E-state index in [2.05, 4.69) is 33.1 Å². The summed E-state index contributed by atoms with van der Waals surface area (Å²) in [5.74, 6) is 1.78. The van der Waals surface area contributed by atoms with Crippen molar-refractivity contribution in [2.75, 3.05) is 25.0 Å². The average molecular weight is 351 g/mol. The summed E-state index contributed by atoms with van der Waals surface area (Å²) < 4.78 is 0. The van der Waals surface area contributed by atoms with Crippen LogP contribution in [0.25, 0.3) is 11.4 Å². The zero-order valence-corrected chi connectivity index (χ0v) is 14.9. The van der Waals surface area contributed by atoms with Gasteiger partial charge in [-0.15, -0.1) is 11.3 Å². The van der Waals surface area contributed by atoms with Crippen LogP contribution in [0.4, 0.5) is 5.82 Å². The largest absolute Gasteiger partial charge is 0.369 e. The molecule has 1 aliphatic heterocycles. The smallest absolute Gasteiger partial charge is 0.161 e. The highest BCUT2D eigenvalue weighted by Crippen LogP contribution is 2.24. The minimum Gasteiger partial charge on any atom is -0.369 e. The van der Waals surface area contributed by atoms with Crippen molar-refractivity contribution >= 4 is 17.2 Å². The van der Waals surface area contributed by atoms with Crippen LogP contribution in [0.5, 0.6) is 0 Å². The van der Waals surface area contributed by atoms with Crippen LogP contribution in [0, 0.1) is 0 Å². The van der Waals surface area contributed by atoms with Crippen molar-refractivity contribution in [3.8, 4) is 11.4 Å². The second-order valence-corrected chi connectivity index (χ2v) is 6.81. The summed E-state index contributed by atoms with van der Waals surface area (Å²) in [6.45, 7) is 2.77. The topological polar surface area (TPSA) is 62.7 Å². The van der Waals surface area contributed by atoms with Gasteiger partial charge in [0.05, 0.1) is 16.9 Å². The zero-order chi connectivity index (χ0) is 16.9. The molecule has 0 unspecified atom stereocenters. The summed E-state index contributed by atoms with van der Waals surface area (Å²) in [6, 6.07) is 10.2. The fourth-order valence-electron chi connectivity index (χ4n) is 3.08. The van der Waals surface area contributed by atoms with Gasteiger partial charge in [0.25, 0.3) is 0 Å². The van der Waals surface area contributed by atoms with Crippen molar-refractivity contribution in [3.05, 3.63) is 58.2 Å². The molecule has 0 bridgehead atoms. The van der Waals surface area contributed by atoms with Crippen molar-refractivity contribution < 1.29 is 0 Å². The lowest BCUT2D eigenvalue weighted by molar-refractivity contribution is 0.708. The molecule has 0 saturated heterocycles.